The van der Waals surface area contributed by atoms with Gasteiger partial charge in [-0.1, -0.05) is 77.9 Å². The third-order valence-electron chi connectivity index (χ3n) is 7.31. The number of aryl methyl sites for hydroxylation is 2. The average molecular weight is 444 g/mol. The molecule has 0 aliphatic carbocycles. The van der Waals surface area contributed by atoms with Crippen molar-refractivity contribution in [3.05, 3.63) is 101 Å². The minimum Gasteiger partial charge on any atom is -0.297 e. The highest BCUT2D eigenvalue weighted by molar-refractivity contribution is 7.85. The Morgan fingerprint density at radius 3 is 2.03 bits per heavy atom. The molecule has 2 aliphatic rings. The van der Waals surface area contributed by atoms with Crippen molar-refractivity contribution in [2.45, 2.75) is 54.3 Å². The molecule has 0 spiro atoms. The van der Waals surface area contributed by atoms with Crippen LogP contribution in [0.3, 0.4) is 0 Å². The predicted molar refractivity (Wildman–Crippen MR) is 129 cm³/mol. The summed E-state index contributed by atoms with van der Waals surface area (Å²) in [6.45, 7) is 4.11. The topological polar surface area (TPSA) is 37.4 Å². The number of hydrogen-bond acceptors (Lipinski definition) is 3. The second-order valence-corrected chi connectivity index (χ2v) is 11.0. The van der Waals surface area contributed by atoms with Crippen LogP contribution in [0, 0.1) is 13.8 Å². The molecule has 0 amide bonds. The summed E-state index contributed by atoms with van der Waals surface area (Å²) in [5.74, 6) is 0.00337. The molecule has 0 N–H and O–H groups in total. The highest BCUT2D eigenvalue weighted by Gasteiger charge is 2.57. The zero-order valence-corrected chi connectivity index (χ0v) is 19.6. The van der Waals surface area contributed by atoms with Crippen molar-refractivity contribution < 1.29 is 9.00 Å². The van der Waals surface area contributed by atoms with Gasteiger partial charge in [-0.2, -0.15) is 0 Å². The smallest absolute Gasteiger partial charge is 0.158 e. The molecule has 32 heavy (non-hydrogen) atoms. The van der Waals surface area contributed by atoms with Crippen LogP contribution in [-0.4, -0.2) is 39.3 Å². The molecule has 0 saturated carbocycles. The molecule has 0 radical (unpaired) electrons. The molecule has 2 aliphatic heterocycles. The van der Waals surface area contributed by atoms with E-state index in [0.717, 1.165) is 21.6 Å². The number of hydrogen-bond donors (Lipinski definition) is 0. The van der Waals surface area contributed by atoms with Gasteiger partial charge < -0.3 is 0 Å². The molecule has 2 bridgehead atoms. The summed E-state index contributed by atoms with van der Waals surface area (Å²) in [7, 11) is 0.866. The number of fused-ring (bicyclic) bond motifs is 2. The van der Waals surface area contributed by atoms with Gasteiger partial charge in [0.25, 0.3) is 0 Å². The van der Waals surface area contributed by atoms with Crippen LogP contribution in [0.2, 0.25) is 0 Å². The fourth-order valence-electron chi connectivity index (χ4n) is 5.65. The Kier molecular flexibility index (Phi) is 5.60. The molecule has 6 atom stereocenters. The number of Topliss-reactive ketones (excluding diaryl/α,β-unsaturated/α-hetero) is 1. The van der Waals surface area contributed by atoms with Gasteiger partial charge in [0.2, 0.25) is 0 Å². The lowest BCUT2D eigenvalue weighted by Crippen LogP contribution is -2.52. The van der Waals surface area contributed by atoms with Gasteiger partial charge in [-0.05, 0) is 50.6 Å². The predicted octanol–water partition coefficient (Wildman–Crippen LogP) is 5.00. The number of carbonyl (C=O) groups excluding carboxylic acids is 1. The van der Waals surface area contributed by atoms with Gasteiger partial charge in [0, 0.05) is 16.9 Å². The summed E-state index contributed by atoms with van der Waals surface area (Å²) >= 11 is 0. The number of ketones is 1. The van der Waals surface area contributed by atoms with Crippen molar-refractivity contribution in [2.24, 2.45) is 0 Å². The zero-order chi connectivity index (χ0) is 22.4. The summed E-state index contributed by atoms with van der Waals surface area (Å²) in [5.41, 5.74) is 4.56. The van der Waals surface area contributed by atoms with Gasteiger partial charge in [0.05, 0.1) is 28.0 Å². The first-order valence-electron chi connectivity index (χ1n) is 11.3. The summed E-state index contributed by atoms with van der Waals surface area (Å²) in [6, 6.07) is 26.6. The highest BCUT2D eigenvalue weighted by atomic mass is 32.2. The zero-order valence-electron chi connectivity index (χ0n) is 18.8. The van der Waals surface area contributed by atoms with Crippen molar-refractivity contribution in [3.63, 3.8) is 0 Å². The van der Waals surface area contributed by atoms with E-state index in [1.807, 2.05) is 56.4 Å². The van der Waals surface area contributed by atoms with Gasteiger partial charge in [-0.15, -0.1) is 0 Å². The van der Waals surface area contributed by atoms with E-state index in [0.29, 0.717) is 6.42 Å². The van der Waals surface area contributed by atoms with Gasteiger partial charge in [0.1, 0.15) is 0 Å². The largest absolute Gasteiger partial charge is 0.297 e. The van der Waals surface area contributed by atoms with E-state index in [9.17, 15) is 9.00 Å². The molecule has 3 aromatic rings. The van der Waals surface area contributed by atoms with Crippen molar-refractivity contribution in [1.82, 2.24) is 4.90 Å². The Labute approximate surface area is 192 Å². The lowest BCUT2D eigenvalue weighted by molar-refractivity contribution is -0.128. The Morgan fingerprint density at radius 1 is 0.812 bits per heavy atom. The first-order valence-corrected chi connectivity index (χ1v) is 12.5. The molecule has 2 heterocycles. The second kappa shape index (κ2) is 8.42. The monoisotopic (exact) mass is 443 g/mol. The summed E-state index contributed by atoms with van der Waals surface area (Å²) in [4.78, 5) is 16.9. The molecule has 3 aromatic carbocycles. The normalized spacial score (nSPS) is 28.6. The lowest BCUT2D eigenvalue weighted by Gasteiger charge is -2.43. The van der Waals surface area contributed by atoms with Gasteiger partial charge in [-0.25, -0.2) is 0 Å². The Morgan fingerprint density at radius 2 is 1.41 bits per heavy atom. The molecule has 3 nitrogen and oxygen atoms in total. The van der Waals surface area contributed by atoms with E-state index in [2.05, 4.69) is 48.2 Å². The number of nitrogens with zero attached hydrogens (tertiary/aromatic N) is 1. The molecular weight excluding hydrogens is 414 g/mol. The SMILES string of the molecule is Cc1ccc([C@@H]2C(=O)[C@@H]3C[C@@H]([S@@](=O)c4ccc(C)cc4)[C@H]([C@H]2c2ccccc2)N3C)cc1. The van der Waals surface area contributed by atoms with E-state index in [-0.39, 0.29) is 35.0 Å². The number of rotatable bonds is 4. The van der Waals surface area contributed by atoms with Crippen LogP contribution in [0.15, 0.2) is 83.8 Å². The first kappa shape index (κ1) is 21.3. The maximum Gasteiger partial charge on any atom is 0.158 e. The van der Waals surface area contributed by atoms with E-state index < -0.39 is 10.8 Å². The maximum absolute atomic E-state index is 13.9. The van der Waals surface area contributed by atoms with Crippen LogP contribution in [0.5, 0.6) is 0 Å². The molecule has 0 aromatic heterocycles. The van der Waals surface area contributed by atoms with Crippen LogP contribution in [-0.2, 0) is 15.6 Å². The highest BCUT2D eigenvalue weighted by Crippen LogP contribution is 2.50. The van der Waals surface area contributed by atoms with Gasteiger partial charge >= 0.3 is 0 Å². The molecule has 5 rings (SSSR count). The minimum atomic E-state index is -1.18. The summed E-state index contributed by atoms with van der Waals surface area (Å²) in [5, 5.41) is -0.0858. The van der Waals surface area contributed by atoms with Crippen LogP contribution in [0.1, 0.15) is 40.5 Å². The number of benzene rings is 3. The summed E-state index contributed by atoms with van der Waals surface area (Å²) in [6.07, 6.45) is 0.645. The summed E-state index contributed by atoms with van der Waals surface area (Å²) < 4.78 is 13.8. The fraction of sp³-hybridized carbons (Fsp3) is 0.321. The fourth-order valence-corrected chi connectivity index (χ4v) is 7.38. The van der Waals surface area contributed by atoms with E-state index in [1.165, 1.54) is 5.56 Å². The van der Waals surface area contributed by atoms with Crippen LogP contribution in [0.4, 0.5) is 0 Å². The average Bonchev–Trinajstić information content (AvgIpc) is 3.07. The van der Waals surface area contributed by atoms with E-state index >= 15 is 0 Å². The van der Waals surface area contributed by atoms with Crippen molar-refractivity contribution in [2.75, 3.05) is 7.05 Å². The van der Waals surface area contributed by atoms with E-state index in [1.54, 1.807) is 0 Å². The Balaban J connectivity index is 1.62. The minimum absolute atomic E-state index is 0.0328. The maximum atomic E-state index is 13.9. The standard InChI is InChI=1S/C28H29NO2S/c1-18-9-13-21(14-10-18)26-25(20-7-5-4-6-8-20)27-24(17-23(28(26)30)29(27)3)32(31)22-15-11-19(2)12-16-22/h4-16,23-27H,17H2,1-3H3/t23-,24+,25-,26-,27+,32-/m0/s1. The molecule has 0 unspecified atom stereocenters. The second-order valence-electron chi connectivity index (χ2n) is 9.28. The van der Waals surface area contributed by atoms with E-state index in [4.69, 9.17) is 0 Å². The number of likely N-dealkylation sites (N-methyl/N-ethyl adjacent to an activating group) is 1. The molecule has 164 valence electrons. The van der Waals surface area contributed by atoms with Gasteiger partial charge in [0.15, 0.2) is 5.78 Å². The molecule has 2 fully saturated rings. The van der Waals surface area contributed by atoms with Crippen molar-refractivity contribution in [1.29, 1.82) is 0 Å². The van der Waals surface area contributed by atoms with Crippen LogP contribution < -0.4 is 0 Å². The Hall–Kier alpha value is -2.56. The lowest BCUT2D eigenvalue weighted by atomic mass is 9.72. The third kappa shape index (κ3) is 3.56. The number of piperidine rings is 1. The van der Waals surface area contributed by atoms with Crippen molar-refractivity contribution in [3.8, 4) is 0 Å². The first-order chi connectivity index (χ1) is 15.5. The van der Waals surface area contributed by atoms with Crippen molar-refractivity contribution >= 4 is 16.6 Å². The number of carbonyl (C=O) groups is 1. The molecular formula is C28H29NO2S. The van der Waals surface area contributed by atoms with Crippen LogP contribution >= 0.6 is 0 Å². The molecule has 4 heteroatoms. The van der Waals surface area contributed by atoms with Crippen LogP contribution in [0.25, 0.3) is 0 Å². The third-order valence-corrected chi connectivity index (χ3v) is 9.07. The van der Waals surface area contributed by atoms with Gasteiger partial charge in [-0.3, -0.25) is 13.9 Å². The Bertz CT molecular complexity index is 1140. The molecule has 2 saturated heterocycles. The quantitative estimate of drug-likeness (QED) is 0.569.